The Morgan fingerprint density at radius 2 is 1.92 bits per heavy atom. The summed E-state index contributed by atoms with van der Waals surface area (Å²) in [4.78, 5) is 0. The molecule has 0 N–H and O–H groups in total. The average Bonchev–Trinajstić information content (AvgIpc) is 3.23. The monoisotopic (exact) mass is 347 g/mol. The minimum Gasteiger partial charge on any atom is -0.497 e. The van der Waals surface area contributed by atoms with Crippen molar-refractivity contribution in [1.29, 1.82) is 0 Å². The zero-order valence-electron chi connectivity index (χ0n) is 13.3. The van der Waals surface area contributed by atoms with E-state index in [4.69, 9.17) is 4.74 Å². The van der Waals surface area contributed by atoms with Crippen LogP contribution in [-0.4, -0.2) is 40.1 Å². The van der Waals surface area contributed by atoms with E-state index in [0.717, 1.165) is 0 Å². The number of hydrogen-bond donors (Lipinski definition) is 0. The summed E-state index contributed by atoms with van der Waals surface area (Å²) in [6, 6.07) is 8.68. The van der Waals surface area contributed by atoms with Gasteiger partial charge < -0.3 is 4.74 Å². The number of hydrogen-bond acceptors (Lipinski definition) is 6. The van der Waals surface area contributed by atoms with Crippen LogP contribution >= 0.6 is 0 Å². The van der Waals surface area contributed by atoms with E-state index in [0.29, 0.717) is 23.7 Å². The summed E-state index contributed by atoms with van der Waals surface area (Å²) in [6.07, 6.45) is 2.97. The molecule has 0 atom stereocenters. The first-order chi connectivity index (χ1) is 11.5. The van der Waals surface area contributed by atoms with Crippen molar-refractivity contribution in [2.24, 2.45) is 0 Å². The molecule has 3 aromatic rings. The van der Waals surface area contributed by atoms with Gasteiger partial charge in [0.05, 0.1) is 18.6 Å². The Bertz CT molecular complexity index is 928. The topological polar surface area (TPSA) is 91.9 Å². The lowest BCUT2D eigenvalue weighted by atomic mass is 10.3. The summed E-state index contributed by atoms with van der Waals surface area (Å²) >= 11 is 0. The van der Waals surface area contributed by atoms with Crippen LogP contribution in [0, 0.1) is 0 Å². The van der Waals surface area contributed by atoms with Crippen molar-refractivity contribution in [2.45, 2.75) is 24.4 Å². The number of sulfone groups is 1. The van der Waals surface area contributed by atoms with Gasteiger partial charge in [0.2, 0.25) is 9.84 Å². The summed E-state index contributed by atoms with van der Waals surface area (Å²) in [5, 5.41) is 11.6. The van der Waals surface area contributed by atoms with Gasteiger partial charge in [-0.2, -0.15) is 5.10 Å². The molecule has 0 bridgehead atoms. The maximum absolute atomic E-state index is 12.8. The molecule has 0 saturated carbocycles. The van der Waals surface area contributed by atoms with E-state index in [9.17, 15) is 8.42 Å². The molecule has 8 nitrogen and oxygen atoms in total. The van der Waals surface area contributed by atoms with Crippen molar-refractivity contribution in [3.63, 3.8) is 0 Å². The van der Waals surface area contributed by atoms with Crippen LogP contribution in [0.5, 0.6) is 5.75 Å². The Kier molecular flexibility index (Phi) is 4.34. The fraction of sp³-hybridized carbons (Fsp3) is 0.267. The van der Waals surface area contributed by atoms with Crippen LogP contribution < -0.4 is 4.74 Å². The molecule has 9 heteroatoms. The highest BCUT2D eigenvalue weighted by atomic mass is 32.2. The van der Waals surface area contributed by atoms with E-state index < -0.39 is 9.84 Å². The number of ether oxygens (including phenoxy) is 1. The van der Waals surface area contributed by atoms with E-state index >= 15 is 0 Å². The van der Waals surface area contributed by atoms with Crippen LogP contribution in [0.1, 0.15) is 12.6 Å². The van der Waals surface area contributed by atoms with Crippen LogP contribution in [-0.2, 0) is 22.1 Å². The van der Waals surface area contributed by atoms with Crippen molar-refractivity contribution >= 4 is 9.84 Å². The number of methoxy groups -OCH3 is 1. The van der Waals surface area contributed by atoms with Crippen molar-refractivity contribution < 1.29 is 13.2 Å². The van der Waals surface area contributed by atoms with Crippen molar-refractivity contribution in [3.8, 4) is 11.4 Å². The van der Waals surface area contributed by atoms with Crippen LogP contribution in [0.3, 0.4) is 0 Å². The first kappa shape index (κ1) is 16.2. The van der Waals surface area contributed by atoms with Crippen molar-refractivity contribution in [3.05, 3.63) is 48.5 Å². The molecule has 0 amide bonds. The smallest absolute Gasteiger partial charge is 0.254 e. The van der Waals surface area contributed by atoms with Gasteiger partial charge in [-0.05, 0) is 37.3 Å². The van der Waals surface area contributed by atoms with Gasteiger partial charge in [0, 0.05) is 18.4 Å². The quantitative estimate of drug-likeness (QED) is 0.670. The van der Waals surface area contributed by atoms with Crippen LogP contribution in [0.15, 0.2) is 48.0 Å². The highest BCUT2D eigenvalue weighted by Crippen LogP contribution is 2.20. The molecule has 0 aliphatic carbocycles. The second kappa shape index (κ2) is 6.44. The molecule has 0 spiro atoms. The van der Waals surface area contributed by atoms with Gasteiger partial charge in [-0.15, -0.1) is 10.2 Å². The first-order valence-electron chi connectivity index (χ1n) is 7.33. The summed E-state index contributed by atoms with van der Waals surface area (Å²) in [7, 11) is -2.10. The van der Waals surface area contributed by atoms with Gasteiger partial charge in [0.25, 0.3) is 5.16 Å². The van der Waals surface area contributed by atoms with E-state index in [-0.39, 0.29) is 10.9 Å². The number of benzene rings is 1. The molecule has 3 rings (SSSR count). The number of nitrogens with zero attached hydrogens (tertiary/aromatic N) is 5. The van der Waals surface area contributed by atoms with Gasteiger partial charge in [-0.3, -0.25) is 9.25 Å². The van der Waals surface area contributed by atoms with Gasteiger partial charge >= 0.3 is 0 Å². The number of aromatic nitrogens is 5. The number of aryl methyl sites for hydroxylation is 1. The van der Waals surface area contributed by atoms with Crippen molar-refractivity contribution in [2.75, 3.05) is 7.11 Å². The minimum absolute atomic E-state index is 0.100. The van der Waals surface area contributed by atoms with Crippen molar-refractivity contribution in [1.82, 2.24) is 24.5 Å². The molecule has 0 radical (unpaired) electrons. The van der Waals surface area contributed by atoms with E-state index in [1.54, 1.807) is 48.3 Å². The molecular formula is C15H17N5O3S. The molecule has 0 unspecified atom stereocenters. The Hall–Kier alpha value is -2.68. The Morgan fingerprint density at radius 3 is 2.58 bits per heavy atom. The lowest BCUT2D eigenvalue weighted by molar-refractivity contribution is 0.414. The largest absolute Gasteiger partial charge is 0.497 e. The molecular weight excluding hydrogens is 330 g/mol. The summed E-state index contributed by atoms with van der Waals surface area (Å²) in [5.74, 6) is 0.499. The highest BCUT2D eigenvalue weighted by molar-refractivity contribution is 7.90. The lowest BCUT2D eigenvalue weighted by Gasteiger charge is -2.09. The fourth-order valence-electron chi connectivity index (χ4n) is 2.38. The molecule has 2 aromatic heterocycles. The maximum Gasteiger partial charge on any atom is 0.254 e. The molecule has 1 aromatic carbocycles. The van der Waals surface area contributed by atoms with Gasteiger partial charge in [0.15, 0.2) is 0 Å². The predicted octanol–water partition coefficient (Wildman–Crippen LogP) is 1.47. The molecule has 0 saturated heterocycles. The van der Waals surface area contributed by atoms with Gasteiger partial charge in [0.1, 0.15) is 12.1 Å². The van der Waals surface area contributed by atoms with E-state index in [2.05, 4.69) is 15.3 Å². The zero-order valence-corrected chi connectivity index (χ0v) is 14.1. The number of rotatable bonds is 6. The highest BCUT2D eigenvalue weighted by Gasteiger charge is 2.24. The van der Waals surface area contributed by atoms with Crippen LogP contribution in [0.2, 0.25) is 0 Å². The second-order valence-electron chi connectivity index (χ2n) is 5.08. The predicted molar refractivity (Wildman–Crippen MR) is 86.7 cm³/mol. The fourth-order valence-corrected chi connectivity index (χ4v) is 3.77. The Balaban J connectivity index is 1.96. The molecule has 2 heterocycles. The van der Waals surface area contributed by atoms with E-state index in [1.165, 1.54) is 10.9 Å². The molecule has 0 aliphatic rings. The Labute approximate surface area is 139 Å². The van der Waals surface area contributed by atoms with Crippen LogP contribution in [0.4, 0.5) is 0 Å². The molecule has 126 valence electrons. The Morgan fingerprint density at radius 1 is 1.17 bits per heavy atom. The summed E-state index contributed by atoms with van der Waals surface area (Å²) in [5.41, 5.74) is 1.25. The molecule has 24 heavy (non-hydrogen) atoms. The lowest BCUT2D eigenvalue weighted by Crippen LogP contribution is -2.14. The SMILES string of the molecule is CCn1nccc1CS(=O)(=O)c1nncn1-c1ccc(OC)cc1. The third-order valence-electron chi connectivity index (χ3n) is 3.59. The minimum atomic E-state index is -3.67. The van der Waals surface area contributed by atoms with Gasteiger partial charge in [-0.1, -0.05) is 0 Å². The standard InChI is InChI=1S/C15H17N5O3S/c1-3-20-13(8-9-17-20)10-24(21,22)15-18-16-11-19(15)12-4-6-14(23-2)7-5-12/h4-9,11H,3,10H2,1-2H3. The molecule has 0 fully saturated rings. The zero-order chi connectivity index (χ0) is 17.2. The molecule has 0 aliphatic heterocycles. The first-order valence-corrected chi connectivity index (χ1v) is 8.98. The third kappa shape index (κ3) is 3.02. The third-order valence-corrected chi connectivity index (χ3v) is 5.10. The van der Waals surface area contributed by atoms with E-state index in [1.807, 2.05) is 6.92 Å². The second-order valence-corrected chi connectivity index (χ2v) is 6.96. The van der Waals surface area contributed by atoms with Crippen LogP contribution in [0.25, 0.3) is 5.69 Å². The maximum atomic E-state index is 12.8. The average molecular weight is 347 g/mol. The summed E-state index contributed by atoms with van der Waals surface area (Å²) < 4.78 is 33.7. The van der Waals surface area contributed by atoms with Gasteiger partial charge in [-0.25, -0.2) is 8.42 Å². The normalized spacial score (nSPS) is 11.6. The summed E-state index contributed by atoms with van der Waals surface area (Å²) in [6.45, 7) is 2.51.